The van der Waals surface area contributed by atoms with Crippen LogP contribution in [0.25, 0.3) is 0 Å². The number of benzene rings is 1. The smallest absolute Gasteiger partial charge is 0.438 e. The van der Waals surface area contributed by atoms with Gasteiger partial charge in [0.1, 0.15) is 0 Å². The maximum atomic E-state index is 12.6. The molecule has 1 saturated heterocycles. The lowest BCUT2D eigenvalue weighted by Crippen LogP contribution is -2.63. The molecule has 24 heavy (non-hydrogen) atoms. The van der Waals surface area contributed by atoms with Crippen molar-refractivity contribution in [3.8, 4) is 0 Å². The Kier molecular flexibility index (Phi) is 4.25. The predicted molar refractivity (Wildman–Crippen MR) is 78.3 cm³/mol. The van der Waals surface area contributed by atoms with E-state index in [0.717, 1.165) is 17.5 Å². The number of ether oxygens (including phenoxy) is 1. The first-order chi connectivity index (χ1) is 11.3. The summed E-state index contributed by atoms with van der Waals surface area (Å²) in [7, 11) is 0. The molecular weight excluding hydrogens is 325 g/mol. The van der Waals surface area contributed by atoms with Crippen molar-refractivity contribution >= 4 is 11.9 Å². The Balaban J connectivity index is 1.87. The van der Waals surface area contributed by atoms with E-state index in [1.807, 2.05) is 19.1 Å². The van der Waals surface area contributed by atoms with Gasteiger partial charge in [0, 0.05) is 18.7 Å². The SMILES string of the molecule is CCc1ccc2c(c1)CC1C(OC(=O)C(F)(F)F)NCCN1C2=O. The first-order valence-corrected chi connectivity index (χ1v) is 7.75. The third-order valence-corrected chi connectivity index (χ3v) is 4.41. The predicted octanol–water partition coefficient (Wildman–Crippen LogP) is 1.65. The van der Waals surface area contributed by atoms with Crippen LogP contribution in [0.1, 0.15) is 28.4 Å². The van der Waals surface area contributed by atoms with Crippen LogP contribution in [0.3, 0.4) is 0 Å². The number of nitrogens with one attached hydrogen (secondary N) is 1. The fourth-order valence-corrected chi connectivity index (χ4v) is 3.19. The number of hydrogen-bond acceptors (Lipinski definition) is 4. The number of alkyl halides is 3. The van der Waals surface area contributed by atoms with Gasteiger partial charge in [-0.2, -0.15) is 13.2 Å². The van der Waals surface area contributed by atoms with Gasteiger partial charge in [0.2, 0.25) is 0 Å². The van der Waals surface area contributed by atoms with Gasteiger partial charge in [0.15, 0.2) is 6.23 Å². The van der Waals surface area contributed by atoms with Crippen molar-refractivity contribution in [3.05, 3.63) is 34.9 Å². The van der Waals surface area contributed by atoms with Crippen molar-refractivity contribution in [2.75, 3.05) is 13.1 Å². The molecule has 8 heteroatoms. The Morgan fingerprint density at radius 1 is 1.42 bits per heavy atom. The van der Waals surface area contributed by atoms with Crippen LogP contribution in [-0.4, -0.2) is 48.3 Å². The number of aryl methyl sites for hydroxylation is 1. The van der Waals surface area contributed by atoms with Gasteiger partial charge in [0.25, 0.3) is 5.91 Å². The van der Waals surface area contributed by atoms with E-state index in [1.165, 1.54) is 4.90 Å². The lowest BCUT2D eigenvalue weighted by Gasteiger charge is -2.44. The van der Waals surface area contributed by atoms with Gasteiger partial charge in [-0.1, -0.05) is 19.1 Å². The second-order valence-corrected chi connectivity index (χ2v) is 5.89. The van der Waals surface area contributed by atoms with Crippen LogP contribution in [0.15, 0.2) is 18.2 Å². The number of fused-ring (bicyclic) bond motifs is 2. The molecule has 2 aliphatic heterocycles. The number of amides is 1. The van der Waals surface area contributed by atoms with Crippen molar-refractivity contribution in [2.45, 2.75) is 38.2 Å². The quantitative estimate of drug-likeness (QED) is 0.831. The number of halogens is 3. The zero-order chi connectivity index (χ0) is 17.5. The van der Waals surface area contributed by atoms with Gasteiger partial charge in [-0.3, -0.25) is 10.1 Å². The third-order valence-electron chi connectivity index (χ3n) is 4.41. The molecular formula is C16H17F3N2O3. The molecule has 2 heterocycles. The molecule has 1 aromatic rings. The molecule has 0 aromatic heterocycles. The van der Waals surface area contributed by atoms with Crippen LogP contribution in [0.2, 0.25) is 0 Å². The van der Waals surface area contributed by atoms with Gasteiger partial charge in [-0.15, -0.1) is 0 Å². The molecule has 2 atom stereocenters. The summed E-state index contributed by atoms with van der Waals surface area (Å²) in [6.07, 6.45) is -5.09. The number of hydrogen-bond donors (Lipinski definition) is 1. The van der Waals surface area contributed by atoms with Crippen molar-refractivity contribution in [2.24, 2.45) is 0 Å². The summed E-state index contributed by atoms with van der Waals surface area (Å²) in [6, 6.07) is 4.88. The van der Waals surface area contributed by atoms with Crippen LogP contribution < -0.4 is 5.32 Å². The molecule has 5 nitrogen and oxygen atoms in total. The van der Waals surface area contributed by atoms with Crippen LogP contribution >= 0.6 is 0 Å². The summed E-state index contributed by atoms with van der Waals surface area (Å²) in [4.78, 5) is 25.2. The highest BCUT2D eigenvalue weighted by Crippen LogP contribution is 2.29. The molecule has 0 bridgehead atoms. The summed E-state index contributed by atoms with van der Waals surface area (Å²) in [5, 5.41) is 2.76. The van der Waals surface area contributed by atoms with Gasteiger partial charge in [0.05, 0.1) is 6.04 Å². The fourth-order valence-electron chi connectivity index (χ4n) is 3.19. The Hall–Kier alpha value is -2.09. The third kappa shape index (κ3) is 2.98. The highest BCUT2D eigenvalue weighted by Gasteiger charge is 2.46. The average molecular weight is 342 g/mol. The van der Waals surface area contributed by atoms with Crippen LogP contribution in [0.5, 0.6) is 0 Å². The largest absolute Gasteiger partial charge is 0.490 e. The lowest BCUT2D eigenvalue weighted by atomic mass is 9.89. The highest BCUT2D eigenvalue weighted by molar-refractivity contribution is 5.97. The van der Waals surface area contributed by atoms with Gasteiger partial charge >= 0.3 is 12.1 Å². The van der Waals surface area contributed by atoms with E-state index in [-0.39, 0.29) is 12.5 Å². The zero-order valence-corrected chi connectivity index (χ0v) is 13.0. The minimum Gasteiger partial charge on any atom is -0.438 e. The van der Waals surface area contributed by atoms with Crippen LogP contribution in [0, 0.1) is 0 Å². The summed E-state index contributed by atoms with van der Waals surface area (Å²) >= 11 is 0. The number of nitrogens with zero attached hydrogens (tertiary/aromatic N) is 1. The number of carbonyl (C=O) groups is 2. The topological polar surface area (TPSA) is 58.6 Å². The normalized spacial score (nSPS) is 23.5. The maximum absolute atomic E-state index is 12.6. The summed E-state index contributed by atoms with van der Waals surface area (Å²) in [5.41, 5.74) is 2.38. The van der Waals surface area contributed by atoms with Crippen LogP contribution in [0.4, 0.5) is 13.2 Å². The first-order valence-electron chi connectivity index (χ1n) is 7.75. The fraction of sp³-hybridized carbons (Fsp3) is 0.500. The van der Waals surface area contributed by atoms with E-state index in [4.69, 9.17) is 0 Å². The molecule has 1 amide bonds. The Morgan fingerprint density at radius 2 is 2.17 bits per heavy atom. The van der Waals surface area contributed by atoms with Crippen molar-refractivity contribution in [1.82, 2.24) is 10.2 Å². The molecule has 1 fully saturated rings. The summed E-state index contributed by atoms with van der Waals surface area (Å²) in [5.74, 6) is -2.49. The lowest BCUT2D eigenvalue weighted by molar-refractivity contribution is -0.210. The van der Waals surface area contributed by atoms with Crippen molar-refractivity contribution in [3.63, 3.8) is 0 Å². The standard InChI is InChI=1S/C16H17F3N2O3/c1-2-9-3-4-11-10(7-9)8-12-13(24-15(23)16(17,18)19)20-5-6-21(12)14(11)22/h3-4,7,12-13,20H,2,5-6,8H2,1H3. The Morgan fingerprint density at radius 3 is 2.83 bits per heavy atom. The first kappa shape index (κ1) is 16.8. The van der Waals surface area contributed by atoms with E-state index < -0.39 is 24.4 Å². The summed E-state index contributed by atoms with van der Waals surface area (Å²) < 4.78 is 42.0. The second kappa shape index (κ2) is 6.08. The van der Waals surface area contributed by atoms with Gasteiger partial charge in [-0.05, 0) is 30.0 Å². The molecule has 0 aliphatic carbocycles. The molecule has 0 saturated carbocycles. The molecule has 130 valence electrons. The summed E-state index contributed by atoms with van der Waals surface area (Å²) in [6.45, 7) is 2.60. The van der Waals surface area contributed by atoms with E-state index in [0.29, 0.717) is 18.5 Å². The number of carbonyl (C=O) groups excluding carboxylic acids is 2. The minimum absolute atomic E-state index is 0.238. The monoisotopic (exact) mass is 342 g/mol. The highest BCUT2D eigenvalue weighted by atomic mass is 19.4. The van der Waals surface area contributed by atoms with Crippen molar-refractivity contribution in [1.29, 1.82) is 0 Å². The zero-order valence-electron chi connectivity index (χ0n) is 13.0. The Bertz CT molecular complexity index is 675. The number of esters is 1. The molecule has 3 rings (SSSR count). The van der Waals surface area contributed by atoms with Crippen molar-refractivity contribution < 1.29 is 27.5 Å². The molecule has 0 radical (unpaired) electrons. The number of rotatable bonds is 2. The second-order valence-electron chi connectivity index (χ2n) is 5.89. The van der Waals surface area contributed by atoms with E-state index in [2.05, 4.69) is 10.1 Å². The molecule has 1 aromatic carbocycles. The number of piperazine rings is 1. The van der Waals surface area contributed by atoms with Gasteiger partial charge < -0.3 is 9.64 Å². The molecule has 2 unspecified atom stereocenters. The molecule has 1 N–H and O–H groups in total. The minimum atomic E-state index is -5.06. The van der Waals surface area contributed by atoms with Crippen LogP contribution in [-0.2, 0) is 22.4 Å². The van der Waals surface area contributed by atoms with E-state index >= 15 is 0 Å². The average Bonchev–Trinajstić information content (AvgIpc) is 2.54. The molecule has 2 aliphatic rings. The Labute approximate surface area is 136 Å². The van der Waals surface area contributed by atoms with E-state index in [1.54, 1.807) is 6.07 Å². The maximum Gasteiger partial charge on any atom is 0.490 e. The van der Waals surface area contributed by atoms with Gasteiger partial charge in [-0.25, -0.2) is 4.79 Å². The van der Waals surface area contributed by atoms with E-state index in [9.17, 15) is 22.8 Å². The molecule has 0 spiro atoms.